The van der Waals surface area contributed by atoms with Crippen LogP contribution in [0.5, 0.6) is 0 Å². The predicted octanol–water partition coefficient (Wildman–Crippen LogP) is 4.03. The van der Waals surface area contributed by atoms with Crippen LogP contribution in [0, 0.1) is 16.7 Å². The summed E-state index contributed by atoms with van der Waals surface area (Å²) in [6.45, 7) is 4.09. The fourth-order valence-corrected chi connectivity index (χ4v) is 2.96. The van der Waals surface area contributed by atoms with Gasteiger partial charge in [-0.1, -0.05) is 36.4 Å². The van der Waals surface area contributed by atoms with Crippen LogP contribution in [0.15, 0.2) is 36.4 Å². The van der Waals surface area contributed by atoms with Gasteiger partial charge in [0.1, 0.15) is 0 Å². The molecule has 0 saturated carbocycles. The van der Waals surface area contributed by atoms with E-state index in [0.717, 1.165) is 6.42 Å². The molecule has 0 radical (unpaired) electrons. The molecule has 3 rings (SSSR count). The van der Waals surface area contributed by atoms with Crippen LogP contribution in [0.4, 0.5) is 0 Å². The number of hydrogen-bond donors (Lipinski definition) is 0. The van der Waals surface area contributed by atoms with Gasteiger partial charge in [-0.05, 0) is 42.2 Å². The number of hydrogen-bond acceptors (Lipinski definition) is 1. The molecular weight excluding hydrogens is 206 g/mol. The van der Waals surface area contributed by atoms with Crippen LogP contribution in [0.3, 0.4) is 0 Å². The smallest absolute Gasteiger partial charge is 0.0690 e. The van der Waals surface area contributed by atoms with E-state index >= 15 is 0 Å². The van der Waals surface area contributed by atoms with Gasteiger partial charge in [0.15, 0.2) is 0 Å². The van der Waals surface area contributed by atoms with E-state index in [2.05, 4.69) is 42.5 Å². The molecular formula is C16H15N. The third kappa shape index (κ3) is 1.37. The summed E-state index contributed by atoms with van der Waals surface area (Å²) in [5.41, 5.74) is 2.45. The van der Waals surface area contributed by atoms with Crippen molar-refractivity contribution in [3.8, 4) is 6.07 Å². The van der Waals surface area contributed by atoms with Crippen molar-refractivity contribution in [2.75, 3.05) is 0 Å². The lowest BCUT2D eigenvalue weighted by atomic mass is 9.76. The maximum atomic E-state index is 9.34. The zero-order valence-corrected chi connectivity index (χ0v) is 10.2. The Balaban J connectivity index is 2.27. The Morgan fingerprint density at radius 1 is 1.18 bits per heavy atom. The summed E-state index contributed by atoms with van der Waals surface area (Å²) in [5.74, 6) is 0.327. The van der Waals surface area contributed by atoms with E-state index in [9.17, 15) is 5.26 Å². The van der Waals surface area contributed by atoms with Gasteiger partial charge in [-0.3, -0.25) is 0 Å². The third-order valence-corrected chi connectivity index (χ3v) is 3.98. The maximum absolute atomic E-state index is 9.34. The van der Waals surface area contributed by atoms with E-state index in [1.807, 2.05) is 13.8 Å². The molecule has 0 amide bonds. The molecule has 17 heavy (non-hydrogen) atoms. The highest BCUT2D eigenvalue weighted by atomic mass is 14.4. The van der Waals surface area contributed by atoms with E-state index in [1.54, 1.807) is 0 Å². The van der Waals surface area contributed by atoms with E-state index in [1.165, 1.54) is 21.9 Å². The van der Waals surface area contributed by atoms with Crippen molar-refractivity contribution >= 4 is 10.8 Å². The highest BCUT2D eigenvalue weighted by Gasteiger charge is 2.36. The number of nitriles is 1. The van der Waals surface area contributed by atoms with Crippen LogP contribution < -0.4 is 0 Å². The van der Waals surface area contributed by atoms with Crippen molar-refractivity contribution in [1.82, 2.24) is 0 Å². The fraction of sp³-hybridized carbons (Fsp3) is 0.312. The highest BCUT2D eigenvalue weighted by molar-refractivity contribution is 5.91. The predicted molar refractivity (Wildman–Crippen MR) is 69.8 cm³/mol. The van der Waals surface area contributed by atoms with Crippen LogP contribution in [-0.4, -0.2) is 0 Å². The molecule has 1 heteroatoms. The molecule has 1 nitrogen and oxygen atoms in total. The van der Waals surface area contributed by atoms with Gasteiger partial charge in [0.2, 0.25) is 0 Å². The lowest BCUT2D eigenvalue weighted by Crippen LogP contribution is -2.19. The molecule has 0 heterocycles. The highest BCUT2D eigenvalue weighted by Crippen LogP contribution is 2.46. The average Bonchev–Trinajstić information content (AvgIpc) is 2.72. The molecule has 0 bridgehead atoms. The van der Waals surface area contributed by atoms with Gasteiger partial charge in [-0.2, -0.15) is 5.26 Å². The van der Waals surface area contributed by atoms with Crippen LogP contribution in [0.25, 0.3) is 10.8 Å². The molecule has 1 aliphatic rings. The van der Waals surface area contributed by atoms with Crippen LogP contribution in [0.2, 0.25) is 0 Å². The second kappa shape index (κ2) is 3.34. The first-order valence-electron chi connectivity index (χ1n) is 6.05. The quantitative estimate of drug-likeness (QED) is 0.713. The normalized spacial score (nSPS) is 18.3. The Bertz CT molecular complexity index is 626. The summed E-state index contributed by atoms with van der Waals surface area (Å²) in [6.07, 6.45) is 0.997. The lowest BCUT2D eigenvalue weighted by Gasteiger charge is -2.24. The standard InChI is InChI=1S/C16H15N/c1-16(2,10-17)14-9-12-7-3-5-11-6-4-8-13(14)15(11)12/h3-8,14H,9H2,1-2H3. The molecule has 0 fully saturated rings. The Labute approximate surface area is 102 Å². The lowest BCUT2D eigenvalue weighted by molar-refractivity contribution is 0.391. The monoisotopic (exact) mass is 221 g/mol. The van der Waals surface area contributed by atoms with Gasteiger partial charge in [-0.15, -0.1) is 0 Å². The second-order valence-corrected chi connectivity index (χ2v) is 5.45. The largest absolute Gasteiger partial charge is 0.198 e. The summed E-state index contributed by atoms with van der Waals surface area (Å²) >= 11 is 0. The van der Waals surface area contributed by atoms with Crippen molar-refractivity contribution in [3.05, 3.63) is 47.5 Å². The Morgan fingerprint density at radius 3 is 2.59 bits per heavy atom. The van der Waals surface area contributed by atoms with Gasteiger partial charge in [0, 0.05) is 5.92 Å². The molecule has 2 aromatic carbocycles. The van der Waals surface area contributed by atoms with Crippen LogP contribution >= 0.6 is 0 Å². The minimum Gasteiger partial charge on any atom is -0.198 e. The number of nitrogens with zero attached hydrogens (tertiary/aromatic N) is 1. The summed E-state index contributed by atoms with van der Waals surface area (Å²) in [7, 11) is 0. The Hall–Kier alpha value is -1.81. The van der Waals surface area contributed by atoms with Crippen LogP contribution in [0.1, 0.15) is 30.9 Å². The topological polar surface area (TPSA) is 23.8 Å². The van der Waals surface area contributed by atoms with Gasteiger partial charge in [-0.25, -0.2) is 0 Å². The van der Waals surface area contributed by atoms with Crippen molar-refractivity contribution in [1.29, 1.82) is 5.26 Å². The zero-order valence-electron chi connectivity index (χ0n) is 10.2. The first-order valence-corrected chi connectivity index (χ1v) is 6.05. The summed E-state index contributed by atoms with van der Waals surface area (Å²) in [4.78, 5) is 0. The minimum atomic E-state index is -0.298. The first kappa shape index (κ1) is 10.4. The summed E-state index contributed by atoms with van der Waals surface area (Å²) in [6, 6.07) is 15.4. The molecule has 1 atom stereocenters. The van der Waals surface area contributed by atoms with Gasteiger partial charge in [0.25, 0.3) is 0 Å². The Kier molecular flexibility index (Phi) is 2.03. The fourth-order valence-electron chi connectivity index (χ4n) is 2.96. The SMILES string of the molecule is CC(C)(C#N)C1Cc2cccc3cccc1c23. The molecule has 0 N–H and O–H groups in total. The van der Waals surface area contributed by atoms with Crippen molar-refractivity contribution in [3.63, 3.8) is 0 Å². The molecule has 0 aliphatic heterocycles. The van der Waals surface area contributed by atoms with E-state index in [-0.39, 0.29) is 5.41 Å². The van der Waals surface area contributed by atoms with Crippen LogP contribution in [-0.2, 0) is 6.42 Å². The second-order valence-electron chi connectivity index (χ2n) is 5.45. The van der Waals surface area contributed by atoms with E-state index < -0.39 is 0 Å². The van der Waals surface area contributed by atoms with Gasteiger partial charge in [0.05, 0.1) is 11.5 Å². The summed E-state index contributed by atoms with van der Waals surface area (Å²) in [5, 5.41) is 12.0. The van der Waals surface area contributed by atoms with E-state index in [4.69, 9.17) is 0 Å². The van der Waals surface area contributed by atoms with Gasteiger partial charge < -0.3 is 0 Å². The molecule has 2 aromatic rings. The van der Waals surface area contributed by atoms with E-state index in [0.29, 0.717) is 5.92 Å². The zero-order chi connectivity index (χ0) is 12.0. The summed E-state index contributed by atoms with van der Waals surface area (Å²) < 4.78 is 0. The maximum Gasteiger partial charge on any atom is 0.0690 e. The third-order valence-electron chi connectivity index (χ3n) is 3.98. The van der Waals surface area contributed by atoms with Gasteiger partial charge >= 0.3 is 0 Å². The average molecular weight is 221 g/mol. The van der Waals surface area contributed by atoms with Crippen molar-refractivity contribution < 1.29 is 0 Å². The molecule has 1 unspecified atom stereocenters. The van der Waals surface area contributed by atoms with Crippen molar-refractivity contribution in [2.45, 2.75) is 26.2 Å². The molecule has 84 valence electrons. The molecule has 0 spiro atoms. The minimum absolute atomic E-state index is 0.298. The Morgan fingerprint density at radius 2 is 1.88 bits per heavy atom. The molecule has 0 aromatic heterocycles. The number of benzene rings is 2. The van der Waals surface area contributed by atoms with Crippen molar-refractivity contribution in [2.24, 2.45) is 5.41 Å². The first-order chi connectivity index (χ1) is 8.13. The number of rotatable bonds is 1. The molecule has 1 aliphatic carbocycles. The molecule has 0 saturated heterocycles.